The predicted octanol–water partition coefficient (Wildman–Crippen LogP) is 3.84. The summed E-state index contributed by atoms with van der Waals surface area (Å²) in [7, 11) is 1.91. The molecule has 22 heavy (non-hydrogen) atoms. The zero-order valence-electron chi connectivity index (χ0n) is 12.3. The van der Waals surface area contributed by atoms with Crippen LogP contribution in [0.4, 0.5) is 5.69 Å². The van der Waals surface area contributed by atoms with Crippen molar-refractivity contribution in [1.29, 1.82) is 5.26 Å². The van der Waals surface area contributed by atoms with Crippen molar-refractivity contribution in [2.45, 2.75) is 19.5 Å². The molecule has 0 bridgehead atoms. The van der Waals surface area contributed by atoms with Crippen molar-refractivity contribution in [3.05, 3.63) is 50.6 Å². The van der Waals surface area contributed by atoms with Gasteiger partial charge in [0, 0.05) is 11.4 Å². The standard InChI is InChI=1S/C16H16BrN3OS/c1-11(20(2)10-13-7-8-15(17)22-13)16(21)19-14-6-4-3-5-12(14)9-18/h3-8,11H,10H2,1-2H3,(H,19,21)/t11-/m0/s1. The van der Waals surface area contributed by atoms with Crippen molar-refractivity contribution in [1.82, 2.24) is 4.90 Å². The number of rotatable bonds is 5. The van der Waals surface area contributed by atoms with Crippen LogP contribution in [0, 0.1) is 11.3 Å². The van der Waals surface area contributed by atoms with E-state index in [0.717, 1.165) is 3.79 Å². The molecule has 0 fully saturated rings. The molecular weight excluding hydrogens is 362 g/mol. The Morgan fingerprint density at radius 2 is 2.14 bits per heavy atom. The molecule has 6 heteroatoms. The SMILES string of the molecule is C[C@@H](C(=O)Nc1ccccc1C#N)N(C)Cc1ccc(Br)s1. The topological polar surface area (TPSA) is 56.1 Å². The highest BCUT2D eigenvalue weighted by atomic mass is 79.9. The van der Waals surface area contributed by atoms with Gasteiger partial charge in [0.15, 0.2) is 0 Å². The van der Waals surface area contributed by atoms with Crippen molar-refractivity contribution in [2.75, 3.05) is 12.4 Å². The number of thiophene rings is 1. The lowest BCUT2D eigenvalue weighted by molar-refractivity contribution is -0.120. The summed E-state index contributed by atoms with van der Waals surface area (Å²) < 4.78 is 1.08. The van der Waals surface area contributed by atoms with Crippen LogP contribution in [0.15, 0.2) is 40.2 Å². The summed E-state index contributed by atoms with van der Waals surface area (Å²) in [6.07, 6.45) is 0. The molecule has 0 unspecified atom stereocenters. The molecule has 2 aromatic rings. The number of benzene rings is 1. The minimum atomic E-state index is -0.298. The molecule has 1 atom stereocenters. The van der Waals surface area contributed by atoms with Crippen LogP contribution >= 0.6 is 27.3 Å². The molecule has 1 heterocycles. The molecule has 4 nitrogen and oxygen atoms in total. The van der Waals surface area contributed by atoms with Gasteiger partial charge in [-0.1, -0.05) is 12.1 Å². The molecule has 1 N–H and O–H groups in total. The quantitative estimate of drug-likeness (QED) is 0.860. The third-order valence-electron chi connectivity index (χ3n) is 3.38. The Morgan fingerprint density at radius 3 is 2.77 bits per heavy atom. The lowest BCUT2D eigenvalue weighted by atomic mass is 10.2. The monoisotopic (exact) mass is 377 g/mol. The first-order valence-corrected chi connectivity index (χ1v) is 8.36. The van der Waals surface area contributed by atoms with Crippen molar-refractivity contribution in [3.8, 4) is 6.07 Å². The van der Waals surface area contributed by atoms with Crippen LogP contribution in [0.25, 0.3) is 0 Å². The van der Waals surface area contributed by atoms with Crippen LogP contribution in [0.5, 0.6) is 0 Å². The van der Waals surface area contributed by atoms with Crippen molar-refractivity contribution >= 4 is 38.9 Å². The second-order valence-corrected chi connectivity index (χ2v) is 7.49. The third kappa shape index (κ3) is 4.17. The fourth-order valence-corrected chi connectivity index (χ4v) is 3.49. The van der Waals surface area contributed by atoms with Gasteiger partial charge in [0.25, 0.3) is 0 Å². The lowest BCUT2D eigenvalue weighted by Gasteiger charge is -2.23. The van der Waals surface area contributed by atoms with Gasteiger partial charge in [-0.2, -0.15) is 5.26 Å². The Balaban J connectivity index is 2.01. The number of anilines is 1. The van der Waals surface area contributed by atoms with Crippen LogP contribution in [0.1, 0.15) is 17.4 Å². The van der Waals surface area contributed by atoms with E-state index in [1.807, 2.05) is 31.0 Å². The summed E-state index contributed by atoms with van der Waals surface area (Å²) in [5.74, 6) is -0.124. The maximum Gasteiger partial charge on any atom is 0.241 e. The number of hydrogen-bond acceptors (Lipinski definition) is 4. The predicted molar refractivity (Wildman–Crippen MR) is 92.7 cm³/mol. The highest BCUT2D eigenvalue weighted by Gasteiger charge is 2.19. The second-order valence-electron chi connectivity index (χ2n) is 4.94. The zero-order valence-corrected chi connectivity index (χ0v) is 14.7. The van der Waals surface area contributed by atoms with Crippen LogP contribution in [-0.2, 0) is 11.3 Å². The first-order valence-electron chi connectivity index (χ1n) is 6.75. The number of nitrogens with one attached hydrogen (secondary N) is 1. The highest BCUT2D eigenvalue weighted by Crippen LogP contribution is 2.23. The Hall–Kier alpha value is -1.68. The second kappa shape index (κ2) is 7.54. The van der Waals surface area contributed by atoms with Gasteiger partial charge in [-0.3, -0.25) is 9.69 Å². The van der Waals surface area contributed by atoms with Gasteiger partial charge < -0.3 is 5.32 Å². The average molecular weight is 378 g/mol. The zero-order chi connectivity index (χ0) is 16.1. The van der Waals surface area contributed by atoms with Crippen LogP contribution < -0.4 is 5.32 Å². The van der Waals surface area contributed by atoms with Gasteiger partial charge in [0.2, 0.25) is 5.91 Å². The summed E-state index contributed by atoms with van der Waals surface area (Å²) in [5, 5.41) is 11.9. The number of carbonyl (C=O) groups is 1. The molecule has 0 radical (unpaired) electrons. The smallest absolute Gasteiger partial charge is 0.241 e. The summed E-state index contributed by atoms with van der Waals surface area (Å²) in [6, 6.07) is 12.8. The van der Waals surface area contributed by atoms with Crippen LogP contribution in [-0.4, -0.2) is 23.9 Å². The van der Waals surface area contributed by atoms with Crippen molar-refractivity contribution in [3.63, 3.8) is 0 Å². The highest BCUT2D eigenvalue weighted by molar-refractivity contribution is 9.11. The molecule has 0 saturated heterocycles. The van der Waals surface area contributed by atoms with E-state index in [1.165, 1.54) is 4.88 Å². The van der Waals surface area contributed by atoms with E-state index in [2.05, 4.69) is 27.3 Å². The van der Waals surface area contributed by atoms with Gasteiger partial charge in [0.1, 0.15) is 6.07 Å². The Labute approximate surface area is 142 Å². The molecule has 0 aliphatic carbocycles. The van der Waals surface area contributed by atoms with Gasteiger partial charge in [-0.15, -0.1) is 11.3 Å². The van der Waals surface area contributed by atoms with E-state index in [4.69, 9.17) is 5.26 Å². The molecule has 114 valence electrons. The normalized spacial score (nSPS) is 12.0. The molecule has 0 saturated carbocycles. The maximum absolute atomic E-state index is 12.3. The summed E-state index contributed by atoms with van der Waals surface area (Å²) in [4.78, 5) is 15.5. The fourth-order valence-electron chi connectivity index (χ4n) is 1.95. The van der Waals surface area contributed by atoms with Gasteiger partial charge in [0.05, 0.1) is 21.1 Å². The van der Waals surface area contributed by atoms with Gasteiger partial charge in [-0.05, 0) is 54.2 Å². The van der Waals surface area contributed by atoms with Crippen molar-refractivity contribution in [2.24, 2.45) is 0 Å². The average Bonchev–Trinajstić information content (AvgIpc) is 2.92. The number of likely N-dealkylation sites (N-methyl/N-ethyl adjacent to an activating group) is 1. The van der Waals surface area contributed by atoms with E-state index < -0.39 is 0 Å². The molecule has 1 aromatic carbocycles. The fraction of sp³-hybridized carbons (Fsp3) is 0.250. The Morgan fingerprint density at radius 1 is 1.41 bits per heavy atom. The summed E-state index contributed by atoms with van der Waals surface area (Å²) in [6.45, 7) is 2.55. The molecular formula is C16H16BrN3OS. The van der Waals surface area contributed by atoms with Crippen LogP contribution in [0.2, 0.25) is 0 Å². The third-order valence-corrected chi connectivity index (χ3v) is 4.99. The van der Waals surface area contributed by atoms with E-state index in [-0.39, 0.29) is 11.9 Å². The number of para-hydroxylation sites is 1. The van der Waals surface area contributed by atoms with Gasteiger partial charge in [-0.25, -0.2) is 0 Å². The number of carbonyl (C=O) groups excluding carboxylic acids is 1. The number of nitrogens with zero attached hydrogens (tertiary/aromatic N) is 2. The minimum Gasteiger partial charge on any atom is -0.324 e. The molecule has 1 aromatic heterocycles. The Kier molecular flexibility index (Phi) is 5.72. The van der Waals surface area contributed by atoms with Gasteiger partial charge >= 0.3 is 0 Å². The number of hydrogen-bond donors (Lipinski definition) is 1. The van der Waals surface area contributed by atoms with E-state index >= 15 is 0 Å². The number of amides is 1. The Bertz CT molecular complexity index is 707. The lowest BCUT2D eigenvalue weighted by Crippen LogP contribution is -2.39. The minimum absolute atomic E-state index is 0.124. The summed E-state index contributed by atoms with van der Waals surface area (Å²) in [5.41, 5.74) is 1.02. The largest absolute Gasteiger partial charge is 0.324 e. The molecule has 0 aliphatic heterocycles. The van der Waals surface area contributed by atoms with E-state index in [0.29, 0.717) is 17.8 Å². The molecule has 2 rings (SSSR count). The van der Waals surface area contributed by atoms with Crippen LogP contribution in [0.3, 0.4) is 0 Å². The molecule has 0 spiro atoms. The first kappa shape index (κ1) is 16.7. The summed E-state index contributed by atoms with van der Waals surface area (Å²) >= 11 is 5.09. The first-order chi connectivity index (χ1) is 10.5. The van der Waals surface area contributed by atoms with E-state index in [1.54, 1.807) is 35.6 Å². The molecule has 1 amide bonds. The number of nitriles is 1. The van der Waals surface area contributed by atoms with E-state index in [9.17, 15) is 4.79 Å². The maximum atomic E-state index is 12.3. The molecule has 0 aliphatic rings. The van der Waals surface area contributed by atoms with Crippen molar-refractivity contribution < 1.29 is 4.79 Å². The number of halogens is 1.